The molecule has 1 aliphatic rings. The first-order valence-corrected chi connectivity index (χ1v) is 13.2. The Labute approximate surface area is 212 Å². The van der Waals surface area contributed by atoms with E-state index in [-0.39, 0.29) is 11.8 Å². The Morgan fingerprint density at radius 3 is 1.89 bits per heavy atom. The molecule has 188 valence electrons. The van der Waals surface area contributed by atoms with Crippen LogP contribution in [0.15, 0.2) is 77.7 Å². The van der Waals surface area contributed by atoms with E-state index in [1.54, 1.807) is 52.8 Å². The molecule has 4 rings (SSSR count). The lowest BCUT2D eigenvalue weighted by molar-refractivity contribution is -0.114. The molecule has 0 unspecified atom stereocenters. The number of aryl methyl sites for hydroxylation is 1. The molecule has 1 heterocycles. The van der Waals surface area contributed by atoms with Gasteiger partial charge in [-0.05, 0) is 61.0 Å². The fourth-order valence-electron chi connectivity index (χ4n) is 4.05. The fraction of sp³-hybridized carbons (Fsp3) is 0.259. The smallest absolute Gasteiger partial charge is 0.255 e. The zero-order valence-electron chi connectivity index (χ0n) is 20.4. The van der Waals surface area contributed by atoms with Crippen molar-refractivity contribution in [1.82, 2.24) is 9.21 Å². The van der Waals surface area contributed by atoms with Crippen molar-refractivity contribution in [2.45, 2.75) is 25.3 Å². The van der Waals surface area contributed by atoms with E-state index in [0.29, 0.717) is 54.6 Å². The van der Waals surface area contributed by atoms with Crippen LogP contribution in [-0.4, -0.2) is 55.6 Å². The number of hydrogen-bond acceptors (Lipinski definition) is 5. The summed E-state index contributed by atoms with van der Waals surface area (Å²) in [5, 5.41) is 5.54. The van der Waals surface area contributed by atoms with Gasteiger partial charge < -0.3 is 10.6 Å². The number of benzene rings is 3. The molecule has 9 heteroatoms. The Balaban J connectivity index is 1.29. The highest BCUT2D eigenvalue weighted by molar-refractivity contribution is 7.89. The summed E-state index contributed by atoms with van der Waals surface area (Å²) >= 11 is 0. The van der Waals surface area contributed by atoms with Gasteiger partial charge in [0, 0.05) is 56.6 Å². The van der Waals surface area contributed by atoms with Crippen molar-refractivity contribution in [2.24, 2.45) is 0 Å². The molecule has 8 nitrogen and oxygen atoms in total. The molecule has 1 saturated heterocycles. The molecule has 0 atom stereocenters. The van der Waals surface area contributed by atoms with E-state index >= 15 is 0 Å². The summed E-state index contributed by atoms with van der Waals surface area (Å²) in [5.74, 6) is -0.371. The van der Waals surface area contributed by atoms with Gasteiger partial charge in [0.05, 0.1) is 4.90 Å². The van der Waals surface area contributed by atoms with Crippen molar-refractivity contribution in [3.8, 4) is 0 Å². The third-order valence-electron chi connectivity index (χ3n) is 6.08. The van der Waals surface area contributed by atoms with Crippen molar-refractivity contribution < 1.29 is 18.0 Å². The van der Waals surface area contributed by atoms with Crippen LogP contribution in [0.25, 0.3) is 0 Å². The van der Waals surface area contributed by atoms with Crippen LogP contribution >= 0.6 is 0 Å². The van der Waals surface area contributed by atoms with Gasteiger partial charge in [-0.2, -0.15) is 4.31 Å². The lowest BCUT2D eigenvalue weighted by Gasteiger charge is -2.34. The SMILES string of the molecule is CC(=O)Nc1ccc(NC(=O)c2ccc(CN3CCN(S(=O)(=O)c4ccc(C)cc4)CC3)cc2)cc1. The average molecular weight is 507 g/mol. The van der Waals surface area contributed by atoms with E-state index in [1.165, 1.54) is 6.92 Å². The van der Waals surface area contributed by atoms with Crippen molar-refractivity contribution in [3.05, 3.63) is 89.5 Å². The summed E-state index contributed by atoms with van der Waals surface area (Å²) in [7, 11) is -3.48. The molecule has 1 aliphatic heterocycles. The number of nitrogens with one attached hydrogen (secondary N) is 2. The summed E-state index contributed by atoms with van der Waals surface area (Å²) in [6.45, 7) is 6.22. The summed E-state index contributed by atoms with van der Waals surface area (Å²) in [5.41, 5.74) is 3.93. The first-order valence-electron chi connectivity index (χ1n) is 11.8. The van der Waals surface area contributed by atoms with Crippen LogP contribution in [0.1, 0.15) is 28.4 Å². The van der Waals surface area contributed by atoms with Crippen LogP contribution in [0.5, 0.6) is 0 Å². The van der Waals surface area contributed by atoms with E-state index in [4.69, 9.17) is 0 Å². The van der Waals surface area contributed by atoms with Crippen molar-refractivity contribution in [2.75, 3.05) is 36.8 Å². The maximum atomic E-state index is 12.9. The minimum atomic E-state index is -3.48. The molecule has 0 radical (unpaired) electrons. The Morgan fingerprint density at radius 1 is 0.778 bits per heavy atom. The van der Waals surface area contributed by atoms with E-state index in [0.717, 1.165) is 11.1 Å². The van der Waals surface area contributed by atoms with E-state index in [1.807, 2.05) is 31.2 Å². The van der Waals surface area contributed by atoms with E-state index in [9.17, 15) is 18.0 Å². The van der Waals surface area contributed by atoms with Gasteiger partial charge in [0.2, 0.25) is 15.9 Å². The molecular formula is C27H30N4O4S. The predicted octanol–water partition coefficient (Wildman–Crippen LogP) is 3.71. The van der Waals surface area contributed by atoms with Crippen molar-refractivity contribution in [3.63, 3.8) is 0 Å². The lowest BCUT2D eigenvalue weighted by Crippen LogP contribution is -2.48. The number of amides is 2. The average Bonchev–Trinajstić information content (AvgIpc) is 2.86. The minimum absolute atomic E-state index is 0.152. The number of rotatable bonds is 7. The van der Waals surface area contributed by atoms with E-state index < -0.39 is 10.0 Å². The minimum Gasteiger partial charge on any atom is -0.326 e. The van der Waals surface area contributed by atoms with Crippen LogP contribution < -0.4 is 10.6 Å². The van der Waals surface area contributed by atoms with Gasteiger partial charge in [-0.15, -0.1) is 0 Å². The third-order valence-corrected chi connectivity index (χ3v) is 7.99. The second kappa shape index (κ2) is 11.0. The van der Waals surface area contributed by atoms with Crippen molar-refractivity contribution >= 4 is 33.2 Å². The highest BCUT2D eigenvalue weighted by Crippen LogP contribution is 2.20. The molecule has 3 aromatic carbocycles. The molecule has 36 heavy (non-hydrogen) atoms. The Hall–Kier alpha value is -3.53. The number of anilines is 2. The van der Waals surface area contributed by atoms with Crippen LogP contribution in [0.2, 0.25) is 0 Å². The normalized spacial score (nSPS) is 14.8. The summed E-state index contributed by atoms with van der Waals surface area (Å²) in [4.78, 5) is 26.3. The molecule has 0 aliphatic carbocycles. The van der Waals surface area contributed by atoms with E-state index in [2.05, 4.69) is 15.5 Å². The summed E-state index contributed by atoms with van der Waals surface area (Å²) < 4.78 is 27.4. The molecule has 1 fully saturated rings. The predicted molar refractivity (Wildman–Crippen MR) is 140 cm³/mol. The van der Waals surface area contributed by atoms with Crippen LogP contribution in [-0.2, 0) is 21.4 Å². The van der Waals surface area contributed by atoms with Crippen LogP contribution in [0.3, 0.4) is 0 Å². The van der Waals surface area contributed by atoms with Gasteiger partial charge in [-0.3, -0.25) is 14.5 Å². The zero-order chi connectivity index (χ0) is 25.7. The van der Waals surface area contributed by atoms with Gasteiger partial charge in [0.15, 0.2) is 0 Å². The molecule has 0 saturated carbocycles. The second-order valence-electron chi connectivity index (χ2n) is 8.90. The number of hydrogen-bond donors (Lipinski definition) is 2. The Morgan fingerprint density at radius 2 is 1.33 bits per heavy atom. The molecule has 0 bridgehead atoms. The summed E-state index contributed by atoms with van der Waals surface area (Å²) in [6, 6.07) is 21.3. The van der Waals surface area contributed by atoms with Crippen LogP contribution in [0, 0.1) is 6.92 Å². The topological polar surface area (TPSA) is 98.8 Å². The lowest BCUT2D eigenvalue weighted by atomic mass is 10.1. The molecule has 0 aromatic heterocycles. The highest BCUT2D eigenvalue weighted by atomic mass is 32.2. The van der Waals surface area contributed by atoms with Crippen molar-refractivity contribution in [1.29, 1.82) is 0 Å². The van der Waals surface area contributed by atoms with Gasteiger partial charge >= 0.3 is 0 Å². The maximum absolute atomic E-state index is 12.9. The second-order valence-corrected chi connectivity index (χ2v) is 10.8. The quantitative estimate of drug-likeness (QED) is 0.509. The van der Waals surface area contributed by atoms with Gasteiger partial charge in [0.1, 0.15) is 0 Å². The summed E-state index contributed by atoms with van der Waals surface area (Å²) in [6.07, 6.45) is 0. The largest absolute Gasteiger partial charge is 0.326 e. The third kappa shape index (κ3) is 6.37. The maximum Gasteiger partial charge on any atom is 0.255 e. The number of carbonyl (C=O) groups excluding carboxylic acids is 2. The Kier molecular flexibility index (Phi) is 7.83. The monoisotopic (exact) mass is 506 g/mol. The molecule has 3 aromatic rings. The van der Waals surface area contributed by atoms with Gasteiger partial charge in [-0.1, -0.05) is 29.8 Å². The van der Waals surface area contributed by atoms with Gasteiger partial charge in [-0.25, -0.2) is 8.42 Å². The molecular weight excluding hydrogens is 476 g/mol. The highest BCUT2D eigenvalue weighted by Gasteiger charge is 2.28. The number of sulfonamides is 1. The number of nitrogens with zero attached hydrogens (tertiary/aromatic N) is 2. The fourth-order valence-corrected chi connectivity index (χ4v) is 5.47. The molecule has 2 amide bonds. The first-order chi connectivity index (χ1) is 17.2. The Bertz CT molecular complexity index is 1310. The first kappa shape index (κ1) is 25.6. The standard InChI is InChI=1S/C27H30N4O4S/c1-20-3-13-26(14-4-20)36(34,35)31-17-15-30(16-18-31)19-22-5-7-23(8-6-22)27(33)29-25-11-9-24(10-12-25)28-21(2)32/h3-14H,15-19H2,1-2H3,(H,28,32)(H,29,33). The van der Waals surface area contributed by atoms with Crippen LogP contribution in [0.4, 0.5) is 11.4 Å². The number of piperazine rings is 1. The molecule has 0 spiro atoms. The zero-order valence-corrected chi connectivity index (χ0v) is 21.2. The number of carbonyl (C=O) groups is 2. The van der Waals surface area contributed by atoms with Gasteiger partial charge in [0.25, 0.3) is 5.91 Å². The molecule has 2 N–H and O–H groups in total.